The van der Waals surface area contributed by atoms with Crippen molar-refractivity contribution in [3.05, 3.63) is 47.5 Å². The minimum atomic E-state index is -0.0744. The second-order valence-corrected chi connectivity index (χ2v) is 5.13. The van der Waals surface area contributed by atoms with Crippen LogP contribution in [-0.2, 0) is 4.79 Å². The lowest BCUT2D eigenvalue weighted by molar-refractivity contribution is -0.115. The van der Waals surface area contributed by atoms with Crippen LogP contribution in [0.1, 0.15) is 6.92 Å². The molecule has 0 saturated heterocycles. The summed E-state index contributed by atoms with van der Waals surface area (Å²) < 4.78 is 5.59. The number of fused-ring (bicyclic) bond motifs is 1. The summed E-state index contributed by atoms with van der Waals surface area (Å²) in [6.45, 7) is 2.71. The highest BCUT2D eigenvalue weighted by molar-refractivity contribution is 6.30. The molecule has 1 aliphatic rings. The molecule has 0 aromatic heterocycles. The highest BCUT2D eigenvalue weighted by Crippen LogP contribution is 2.41. The Morgan fingerprint density at radius 1 is 1.29 bits per heavy atom. The smallest absolute Gasteiger partial charge is 0.244 e. The largest absolute Gasteiger partial charge is 0.492 e. The lowest BCUT2D eigenvalue weighted by Crippen LogP contribution is -2.35. The number of amides is 1. The molecule has 1 amide bonds. The van der Waals surface area contributed by atoms with Crippen LogP contribution < -0.4 is 15.0 Å². The zero-order valence-corrected chi connectivity index (χ0v) is 12.4. The van der Waals surface area contributed by atoms with E-state index in [1.807, 2.05) is 54.3 Å². The van der Waals surface area contributed by atoms with E-state index in [1.54, 1.807) is 0 Å². The molecular formula is C16H15ClN2O2. The molecule has 1 heterocycles. The van der Waals surface area contributed by atoms with Gasteiger partial charge in [-0.15, -0.1) is 0 Å². The molecular weight excluding hydrogens is 288 g/mol. The maximum atomic E-state index is 12.0. The normalized spacial score (nSPS) is 13.6. The van der Waals surface area contributed by atoms with Gasteiger partial charge in [-0.05, 0) is 37.3 Å². The Morgan fingerprint density at radius 3 is 2.86 bits per heavy atom. The van der Waals surface area contributed by atoms with Gasteiger partial charge in [0.1, 0.15) is 18.0 Å². The number of benzene rings is 2. The summed E-state index contributed by atoms with van der Waals surface area (Å²) in [6.07, 6.45) is 0. The van der Waals surface area contributed by atoms with E-state index >= 15 is 0 Å². The number of rotatable bonds is 3. The first kappa shape index (κ1) is 13.8. The lowest BCUT2D eigenvalue weighted by atomic mass is 10.1. The van der Waals surface area contributed by atoms with Gasteiger partial charge in [0.2, 0.25) is 5.91 Å². The second kappa shape index (κ2) is 5.66. The molecule has 2 aromatic rings. The molecule has 4 nitrogen and oxygen atoms in total. The molecule has 2 aromatic carbocycles. The lowest BCUT2D eigenvalue weighted by Gasteiger charge is -2.32. The molecule has 0 atom stereocenters. The number of nitrogens with zero attached hydrogens (tertiary/aromatic N) is 1. The summed E-state index contributed by atoms with van der Waals surface area (Å²) in [7, 11) is 0. The fourth-order valence-corrected chi connectivity index (χ4v) is 2.61. The van der Waals surface area contributed by atoms with Crippen molar-refractivity contribution in [2.75, 3.05) is 23.4 Å². The van der Waals surface area contributed by atoms with Gasteiger partial charge in [-0.2, -0.15) is 0 Å². The molecule has 1 N–H and O–H groups in total. The van der Waals surface area contributed by atoms with Gasteiger partial charge in [0.25, 0.3) is 0 Å². The van der Waals surface area contributed by atoms with E-state index in [4.69, 9.17) is 16.3 Å². The first-order valence-corrected chi connectivity index (χ1v) is 7.15. The minimum absolute atomic E-state index is 0.0744. The fourth-order valence-electron chi connectivity index (χ4n) is 2.43. The van der Waals surface area contributed by atoms with E-state index < -0.39 is 0 Å². The van der Waals surface area contributed by atoms with Crippen LogP contribution in [0.3, 0.4) is 0 Å². The van der Waals surface area contributed by atoms with Gasteiger partial charge < -0.3 is 15.0 Å². The Bertz CT molecular complexity index is 688. The summed E-state index contributed by atoms with van der Waals surface area (Å²) in [6, 6.07) is 13.2. The number of carbonyl (C=O) groups excluding carboxylic acids is 1. The van der Waals surface area contributed by atoms with E-state index in [2.05, 4.69) is 5.32 Å². The first-order valence-electron chi connectivity index (χ1n) is 6.78. The van der Waals surface area contributed by atoms with Crippen LogP contribution in [0.4, 0.5) is 17.1 Å². The van der Waals surface area contributed by atoms with Gasteiger partial charge in [0.15, 0.2) is 0 Å². The summed E-state index contributed by atoms with van der Waals surface area (Å²) in [5.74, 6) is 0.602. The summed E-state index contributed by atoms with van der Waals surface area (Å²) in [4.78, 5) is 13.9. The summed E-state index contributed by atoms with van der Waals surface area (Å²) in [5.41, 5.74) is 2.49. The number of para-hydroxylation sites is 1. The van der Waals surface area contributed by atoms with Crippen LogP contribution >= 0.6 is 11.6 Å². The Morgan fingerprint density at radius 2 is 2.10 bits per heavy atom. The topological polar surface area (TPSA) is 41.6 Å². The van der Waals surface area contributed by atoms with Crippen molar-refractivity contribution in [1.82, 2.24) is 0 Å². The molecule has 0 spiro atoms. The third kappa shape index (κ3) is 2.67. The van der Waals surface area contributed by atoms with E-state index in [0.29, 0.717) is 23.1 Å². The third-order valence-corrected chi connectivity index (χ3v) is 3.52. The van der Waals surface area contributed by atoms with Crippen molar-refractivity contribution >= 4 is 34.6 Å². The molecule has 0 fully saturated rings. The van der Waals surface area contributed by atoms with Gasteiger partial charge in [-0.25, -0.2) is 0 Å². The quantitative estimate of drug-likeness (QED) is 0.937. The maximum Gasteiger partial charge on any atom is 0.244 e. The Hall–Kier alpha value is -2.20. The van der Waals surface area contributed by atoms with Crippen molar-refractivity contribution in [3.8, 4) is 5.75 Å². The average molecular weight is 303 g/mol. The molecule has 3 rings (SSSR count). The van der Waals surface area contributed by atoms with Gasteiger partial charge in [0, 0.05) is 10.7 Å². The zero-order chi connectivity index (χ0) is 14.8. The molecule has 5 heteroatoms. The van der Waals surface area contributed by atoms with Crippen molar-refractivity contribution in [1.29, 1.82) is 0 Å². The molecule has 0 saturated carbocycles. The molecule has 0 aliphatic carbocycles. The first-order chi connectivity index (χ1) is 10.2. The fraction of sp³-hybridized carbons (Fsp3) is 0.188. The Labute approximate surface area is 128 Å². The molecule has 0 bridgehead atoms. The van der Waals surface area contributed by atoms with Gasteiger partial charge >= 0.3 is 0 Å². The van der Waals surface area contributed by atoms with Crippen molar-refractivity contribution in [2.45, 2.75) is 6.92 Å². The van der Waals surface area contributed by atoms with Crippen LogP contribution in [0.2, 0.25) is 5.02 Å². The van der Waals surface area contributed by atoms with E-state index in [9.17, 15) is 4.79 Å². The van der Waals surface area contributed by atoms with Gasteiger partial charge in [0.05, 0.1) is 12.3 Å². The van der Waals surface area contributed by atoms with Crippen LogP contribution in [0, 0.1) is 0 Å². The highest BCUT2D eigenvalue weighted by atomic mass is 35.5. The summed E-state index contributed by atoms with van der Waals surface area (Å²) >= 11 is 6.06. The molecule has 0 radical (unpaired) electrons. The standard InChI is InChI=1S/C16H15ClN2O2/c1-2-21-14-8-4-7-13-16(14)18-15(20)10-19(13)12-6-3-5-11(17)9-12/h3-9H,2,10H2,1H3,(H,18,20). The number of halogens is 1. The Kier molecular flexibility index (Phi) is 3.71. The zero-order valence-electron chi connectivity index (χ0n) is 11.6. The van der Waals surface area contributed by atoms with Crippen molar-refractivity contribution in [3.63, 3.8) is 0 Å². The Balaban J connectivity index is 2.10. The van der Waals surface area contributed by atoms with Gasteiger partial charge in [-0.3, -0.25) is 4.79 Å². The van der Waals surface area contributed by atoms with Crippen molar-refractivity contribution in [2.24, 2.45) is 0 Å². The predicted molar refractivity (Wildman–Crippen MR) is 84.7 cm³/mol. The van der Waals surface area contributed by atoms with Crippen molar-refractivity contribution < 1.29 is 9.53 Å². The molecule has 21 heavy (non-hydrogen) atoms. The van der Waals surface area contributed by atoms with Crippen LogP contribution in [0.25, 0.3) is 0 Å². The van der Waals surface area contributed by atoms with E-state index in [0.717, 1.165) is 11.4 Å². The number of anilines is 3. The minimum Gasteiger partial charge on any atom is -0.492 e. The molecule has 0 unspecified atom stereocenters. The number of ether oxygens (including phenoxy) is 1. The second-order valence-electron chi connectivity index (χ2n) is 4.70. The third-order valence-electron chi connectivity index (χ3n) is 3.28. The summed E-state index contributed by atoms with van der Waals surface area (Å²) in [5, 5.41) is 3.53. The number of nitrogens with one attached hydrogen (secondary N) is 1. The number of hydrogen-bond acceptors (Lipinski definition) is 3. The molecule has 108 valence electrons. The average Bonchev–Trinajstić information content (AvgIpc) is 2.47. The monoisotopic (exact) mass is 302 g/mol. The van der Waals surface area contributed by atoms with Crippen LogP contribution in [0.5, 0.6) is 5.75 Å². The van der Waals surface area contributed by atoms with Crippen LogP contribution in [-0.4, -0.2) is 19.1 Å². The van der Waals surface area contributed by atoms with Gasteiger partial charge in [-0.1, -0.05) is 23.7 Å². The van der Waals surface area contributed by atoms with Crippen LogP contribution in [0.15, 0.2) is 42.5 Å². The number of carbonyl (C=O) groups is 1. The maximum absolute atomic E-state index is 12.0. The predicted octanol–water partition coefficient (Wildman–Crippen LogP) is 3.83. The van der Waals surface area contributed by atoms with E-state index in [-0.39, 0.29) is 12.5 Å². The highest BCUT2D eigenvalue weighted by Gasteiger charge is 2.25. The molecule has 1 aliphatic heterocycles. The SMILES string of the molecule is CCOc1cccc2c1NC(=O)CN2c1cccc(Cl)c1. The number of hydrogen-bond donors (Lipinski definition) is 1. The van der Waals surface area contributed by atoms with E-state index in [1.165, 1.54) is 0 Å².